The number of imide groups is 1. The number of nitrogens with zero attached hydrogens (tertiary/aromatic N) is 2. The lowest BCUT2D eigenvalue weighted by atomic mass is 9.94. The van der Waals surface area contributed by atoms with Crippen LogP contribution < -0.4 is 16.0 Å². The van der Waals surface area contributed by atoms with Gasteiger partial charge in [0.05, 0.1) is 12.1 Å². The Morgan fingerprint density at radius 2 is 2.14 bits per heavy atom. The molecular formula is C24H27N5O5S. The topological polar surface area (TPSA) is 130 Å². The van der Waals surface area contributed by atoms with E-state index >= 15 is 0 Å². The van der Waals surface area contributed by atoms with Crippen molar-refractivity contribution in [2.75, 3.05) is 12.4 Å². The fraction of sp³-hybridized carbons (Fsp3) is 0.458. The first-order chi connectivity index (χ1) is 16.8. The molecule has 1 saturated heterocycles. The zero-order valence-electron chi connectivity index (χ0n) is 19.5. The number of amides is 5. The van der Waals surface area contributed by atoms with Gasteiger partial charge in [0.25, 0.3) is 5.91 Å². The molecule has 2 heterocycles. The average Bonchev–Trinajstić information content (AvgIpc) is 3.37. The first-order valence-electron chi connectivity index (χ1n) is 11.6. The molecule has 1 aromatic heterocycles. The molecule has 3 atom stereocenters. The average molecular weight is 498 g/mol. The van der Waals surface area contributed by atoms with E-state index in [1.807, 2.05) is 4.90 Å². The monoisotopic (exact) mass is 497 g/mol. The molecular weight excluding hydrogens is 470 g/mol. The van der Waals surface area contributed by atoms with Crippen LogP contribution in [0.5, 0.6) is 0 Å². The van der Waals surface area contributed by atoms with Crippen LogP contribution in [0.1, 0.15) is 54.5 Å². The number of urea groups is 1. The Hall–Kier alpha value is -3.47. The number of thiazole rings is 1. The summed E-state index contributed by atoms with van der Waals surface area (Å²) in [7, 11) is 1.51. The van der Waals surface area contributed by atoms with Crippen LogP contribution in [-0.2, 0) is 26.5 Å². The first-order valence-corrected chi connectivity index (χ1v) is 12.5. The molecule has 1 aliphatic heterocycles. The molecule has 11 heteroatoms. The van der Waals surface area contributed by atoms with E-state index < -0.39 is 17.6 Å². The van der Waals surface area contributed by atoms with Crippen molar-refractivity contribution in [3.8, 4) is 0 Å². The zero-order valence-corrected chi connectivity index (χ0v) is 20.3. The van der Waals surface area contributed by atoms with Crippen LogP contribution in [-0.4, -0.2) is 46.9 Å². The van der Waals surface area contributed by atoms with E-state index in [1.54, 1.807) is 29.9 Å². The molecule has 1 saturated carbocycles. The molecule has 2 fully saturated rings. The third-order valence-electron chi connectivity index (χ3n) is 7.14. The van der Waals surface area contributed by atoms with E-state index in [-0.39, 0.29) is 36.7 Å². The van der Waals surface area contributed by atoms with Gasteiger partial charge in [0, 0.05) is 48.3 Å². The highest BCUT2D eigenvalue weighted by atomic mass is 32.1. The van der Waals surface area contributed by atoms with E-state index in [2.05, 4.69) is 27.9 Å². The van der Waals surface area contributed by atoms with E-state index in [1.165, 1.54) is 18.4 Å². The Labute approximate surface area is 206 Å². The second-order valence-corrected chi connectivity index (χ2v) is 10.3. The molecule has 0 bridgehead atoms. The fourth-order valence-electron chi connectivity index (χ4n) is 5.13. The number of rotatable bonds is 7. The Morgan fingerprint density at radius 3 is 2.77 bits per heavy atom. The highest BCUT2D eigenvalue weighted by Gasteiger charge is 2.57. The molecule has 184 valence electrons. The van der Waals surface area contributed by atoms with Crippen molar-refractivity contribution in [3.05, 3.63) is 45.9 Å². The highest BCUT2D eigenvalue weighted by molar-refractivity contribution is 7.09. The van der Waals surface area contributed by atoms with Gasteiger partial charge in [-0.25, -0.2) is 9.59 Å². The number of anilines is 1. The maximum absolute atomic E-state index is 13.7. The lowest BCUT2D eigenvalue weighted by Gasteiger charge is -2.30. The summed E-state index contributed by atoms with van der Waals surface area (Å²) in [6, 6.07) is 4.81. The number of aromatic nitrogens is 1. The van der Waals surface area contributed by atoms with Crippen LogP contribution in [0, 0.1) is 5.92 Å². The predicted molar refractivity (Wildman–Crippen MR) is 128 cm³/mol. The summed E-state index contributed by atoms with van der Waals surface area (Å²) in [5.74, 6) is -0.436. The van der Waals surface area contributed by atoms with Crippen LogP contribution in [0.4, 0.5) is 15.3 Å². The number of fused-ring (bicyclic) bond motifs is 2. The van der Waals surface area contributed by atoms with E-state index in [0.29, 0.717) is 29.3 Å². The Kier molecular flexibility index (Phi) is 5.96. The summed E-state index contributed by atoms with van der Waals surface area (Å²) >= 11 is 1.51. The van der Waals surface area contributed by atoms with Crippen molar-refractivity contribution in [2.24, 2.45) is 5.92 Å². The standard InChI is InChI=1S/C24H27N5O5S/c1-13(14-3-4-14)29(11-17-10-26-12-35-17)20(30)7-15-9-24(21(31)28-23(33)34-24)19-6-5-16(8-18(15)19)27-22(32)25-2/h5-6,8,10,12-15H,3-4,7,9,11H2,1-2H3,(H2,25,27,32)(H,28,31,33)/t13-,15?,24+/m0/s1. The Morgan fingerprint density at radius 1 is 1.34 bits per heavy atom. The van der Waals surface area contributed by atoms with Gasteiger partial charge in [-0.2, -0.15) is 0 Å². The van der Waals surface area contributed by atoms with Crippen molar-refractivity contribution in [1.29, 1.82) is 0 Å². The summed E-state index contributed by atoms with van der Waals surface area (Å²) in [4.78, 5) is 57.4. The third-order valence-corrected chi connectivity index (χ3v) is 7.91. The van der Waals surface area contributed by atoms with Crippen molar-refractivity contribution in [3.63, 3.8) is 0 Å². The highest BCUT2D eigenvalue weighted by Crippen LogP contribution is 2.51. The smallest absolute Gasteiger partial charge is 0.415 e. The van der Waals surface area contributed by atoms with Crippen LogP contribution in [0.15, 0.2) is 29.9 Å². The zero-order chi connectivity index (χ0) is 24.7. The minimum absolute atomic E-state index is 0.0276. The van der Waals surface area contributed by atoms with Gasteiger partial charge >= 0.3 is 12.1 Å². The second-order valence-electron chi connectivity index (χ2n) is 9.35. The molecule has 10 nitrogen and oxygen atoms in total. The van der Waals surface area contributed by atoms with Crippen LogP contribution in [0.3, 0.4) is 0 Å². The largest absolute Gasteiger partial charge is 0.427 e. The number of hydrogen-bond acceptors (Lipinski definition) is 7. The summed E-state index contributed by atoms with van der Waals surface area (Å²) in [6.07, 6.45) is 3.51. The van der Waals surface area contributed by atoms with Crippen LogP contribution >= 0.6 is 11.3 Å². The summed E-state index contributed by atoms with van der Waals surface area (Å²) in [6.45, 7) is 2.57. The minimum Gasteiger partial charge on any atom is -0.427 e. The third kappa shape index (κ3) is 4.36. The lowest BCUT2D eigenvalue weighted by Crippen LogP contribution is -2.40. The number of carbonyl (C=O) groups is 4. The van der Waals surface area contributed by atoms with E-state index in [9.17, 15) is 19.2 Å². The summed E-state index contributed by atoms with van der Waals surface area (Å²) in [5, 5.41) is 7.46. The SMILES string of the molecule is CNC(=O)Nc1ccc2c(c1)C(CC(=O)N(Cc1cncs1)[C@@H](C)C1CC1)C[C@@]21OC(=O)NC1=O. The molecule has 3 N–H and O–H groups in total. The van der Waals surface area contributed by atoms with Crippen molar-refractivity contribution in [1.82, 2.24) is 20.5 Å². The molecule has 5 amide bonds. The lowest BCUT2D eigenvalue weighted by molar-refractivity contribution is -0.136. The predicted octanol–water partition coefficient (Wildman–Crippen LogP) is 3.06. The van der Waals surface area contributed by atoms with Gasteiger partial charge < -0.3 is 20.3 Å². The molecule has 2 aliphatic carbocycles. The Balaban J connectivity index is 1.45. The number of hydrogen-bond donors (Lipinski definition) is 3. The second kappa shape index (κ2) is 8.95. The van der Waals surface area contributed by atoms with Gasteiger partial charge in [0.15, 0.2) is 0 Å². The van der Waals surface area contributed by atoms with Crippen LogP contribution in [0.2, 0.25) is 0 Å². The molecule has 0 radical (unpaired) electrons. The maximum Gasteiger partial charge on any atom is 0.415 e. The Bertz CT molecular complexity index is 1180. The van der Waals surface area contributed by atoms with Gasteiger partial charge in [-0.15, -0.1) is 11.3 Å². The van der Waals surface area contributed by atoms with Gasteiger partial charge in [-0.05, 0) is 49.3 Å². The molecule has 1 aromatic carbocycles. The fourth-order valence-corrected chi connectivity index (χ4v) is 5.73. The minimum atomic E-state index is -1.46. The normalized spacial score (nSPS) is 23.4. The molecule has 1 spiro atoms. The van der Waals surface area contributed by atoms with E-state index in [4.69, 9.17) is 4.74 Å². The molecule has 2 aromatic rings. The van der Waals surface area contributed by atoms with Gasteiger partial charge in [-0.1, -0.05) is 6.07 Å². The summed E-state index contributed by atoms with van der Waals surface area (Å²) < 4.78 is 5.51. The van der Waals surface area contributed by atoms with Gasteiger partial charge in [-0.3, -0.25) is 19.9 Å². The van der Waals surface area contributed by atoms with Crippen LogP contribution in [0.25, 0.3) is 0 Å². The molecule has 35 heavy (non-hydrogen) atoms. The number of alkyl carbamates (subject to hydrolysis) is 1. The van der Waals surface area contributed by atoms with Gasteiger partial charge in [0.1, 0.15) is 0 Å². The first kappa shape index (κ1) is 23.3. The summed E-state index contributed by atoms with van der Waals surface area (Å²) in [5.41, 5.74) is 2.08. The molecule has 5 rings (SSSR count). The van der Waals surface area contributed by atoms with E-state index in [0.717, 1.165) is 17.7 Å². The van der Waals surface area contributed by atoms with Gasteiger partial charge in [0.2, 0.25) is 11.5 Å². The number of ether oxygens (including phenoxy) is 1. The quantitative estimate of drug-likeness (QED) is 0.539. The van der Waals surface area contributed by atoms with Crippen molar-refractivity contribution < 1.29 is 23.9 Å². The molecule has 3 aliphatic rings. The molecule has 1 unspecified atom stereocenters. The number of carbonyl (C=O) groups excluding carboxylic acids is 4. The van der Waals surface area contributed by atoms with Crippen molar-refractivity contribution in [2.45, 2.75) is 56.7 Å². The maximum atomic E-state index is 13.7. The number of nitrogens with one attached hydrogen (secondary N) is 3. The van der Waals surface area contributed by atoms with Crippen molar-refractivity contribution >= 4 is 41.0 Å². The number of benzene rings is 1.